The highest BCUT2D eigenvalue weighted by molar-refractivity contribution is 7.99. The van der Waals surface area contributed by atoms with Crippen LogP contribution in [0.25, 0.3) is 10.9 Å². The van der Waals surface area contributed by atoms with Crippen molar-refractivity contribution in [3.63, 3.8) is 0 Å². The van der Waals surface area contributed by atoms with Crippen LogP contribution in [-0.2, 0) is 12.6 Å². The van der Waals surface area contributed by atoms with Gasteiger partial charge >= 0.3 is 6.18 Å². The fourth-order valence-electron chi connectivity index (χ4n) is 1.97. The van der Waals surface area contributed by atoms with Gasteiger partial charge in [0.15, 0.2) is 0 Å². The number of hydrogen-bond acceptors (Lipinski definition) is 4. The fraction of sp³-hybridized carbons (Fsp3) is 0.214. The van der Waals surface area contributed by atoms with Gasteiger partial charge in [0, 0.05) is 22.9 Å². The lowest BCUT2D eigenvalue weighted by Crippen LogP contribution is -2.04. The summed E-state index contributed by atoms with van der Waals surface area (Å²) in [5, 5.41) is 8.05. The smallest absolute Gasteiger partial charge is 0.262 e. The Morgan fingerprint density at radius 2 is 2.05 bits per heavy atom. The SMILES string of the molecule is CCc1nc(Sc2ccnc3cc(C(F)(F)F)ccc23)n[nH]1. The quantitative estimate of drug-likeness (QED) is 0.788. The largest absolute Gasteiger partial charge is 0.416 e. The number of pyridine rings is 1. The van der Waals surface area contributed by atoms with Crippen LogP contribution in [-0.4, -0.2) is 20.2 Å². The number of aromatic nitrogens is 4. The molecule has 3 rings (SSSR count). The van der Waals surface area contributed by atoms with E-state index in [0.717, 1.165) is 29.3 Å². The summed E-state index contributed by atoms with van der Waals surface area (Å²) in [5.74, 6) is 0.764. The van der Waals surface area contributed by atoms with Crippen molar-refractivity contribution in [2.75, 3.05) is 0 Å². The monoisotopic (exact) mass is 324 g/mol. The number of nitrogens with one attached hydrogen (secondary N) is 1. The maximum absolute atomic E-state index is 12.7. The Hall–Kier alpha value is -2.09. The first-order valence-electron chi connectivity index (χ1n) is 6.52. The van der Waals surface area contributed by atoms with E-state index in [9.17, 15) is 13.2 Å². The molecular formula is C14H11F3N4S. The highest BCUT2D eigenvalue weighted by Gasteiger charge is 2.30. The number of halogens is 3. The molecule has 0 unspecified atom stereocenters. The molecule has 0 aliphatic rings. The Balaban J connectivity index is 2.00. The van der Waals surface area contributed by atoms with E-state index < -0.39 is 11.7 Å². The van der Waals surface area contributed by atoms with E-state index in [1.165, 1.54) is 24.0 Å². The number of aromatic amines is 1. The second-order valence-electron chi connectivity index (χ2n) is 4.56. The van der Waals surface area contributed by atoms with Gasteiger partial charge in [-0.2, -0.15) is 13.2 Å². The lowest BCUT2D eigenvalue weighted by atomic mass is 10.1. The third-order valence-corrected chi connectivity index (χ3v) is 4.02. The summed E-state index contributed by atoms with van der Waals surface area (Å²) < 4.78 is 38.2. The molecule has 2 aromatic heterocycles. The molecule has 0 radical (unpaired) electrons. The van der Waals surface area contributed by atoms with Crippen LogP contribution in [0.2, 0.25) is 0 Å². The van der Waals surface area contributed by atoms with Gasteiger partial charge in [0.1, 0.15) is 5.82 Å². The second kappa shape index (κ2) is 5.60. The molecule has 0 saturated carbocycles. The Bertz CT molecular complexity index is 813. The average molecular weight is 324 g/mol. The molecule has 2 heterocycles. The zero-order valence-electron chi connectivity index (χ0n) is 11.5. The van der Waals surface area contributed by atoms with Crippen LogP contribution < -0.4 is 0 Å². The normalized spacial score (nSPS) is 12.0. The zero-order valence-corrected chi connectivity index (χ0v) is 12.3. The van der Waals surface area contributed by atoms with Crippen LogP contribution in [0.15, 0.2) is 40.5 Å². The van der Waals surface area contributed by atoms with Crippen molar-refractivity contribution in [2.24, 2.45) is 0 Å². The Morgan fingerprint density at radius 3 is 2.73 bits per heavy atom. The molecular weight excluding hydrogens is 313 g/mol. The summed E-state index contributed by atoms with van der Waals surface area (Å²) in [6.07, 6.45) is -2.16. The molecule has 114 valence electrons. The van der Waals surface area contributed by atoms with Crippen LogP contribution in [0.3, 0.4) is 0 Å². The molecule has 4 nitrogen and oxygen atoms in total. The first-order chi connectivity index (χ1) is 10.5. The molecule has 0 aliphatic heterocycles. The fourth-order valence-corrected chi connectivity index (χ4v) is 2.82. The Morgan fingerprint density at radius 1 is 1.23 bits per heavy atom. The van der Waals surface area contributed by atoms with E-state index in [2.05, 4.69) is 20.2 Å². The summed E-state index contributed by atoms with van der Waals surface area (Å²) in [6, 6.07) is 5.28. The number of aryl methyl sites for hydroxylation is 1. The Labute approximate surface area is 128 Å². The minimum absolute atomic E-state index is 0.297. The third kappa shape index (κ3) is 2.92. The first kappa shape index (κ1) is 14.8. The van der Waals surface area contributed by atoms with E-state index in [1.54, 1.807) is 6.07 Å². The van der Waals surface area contributed by atoms with Crippen LogP contribution in [0.4, 0.5) is 13.2 Å². The number of H-pyrrole nitrogens is 1. The Kier molecular flexibility index (Phi) is 3.78. The molecule has 0 spiro atoms. The van der Waals surface area contributed by atoms with Gasteiger partial charge in [-0.05, 0) is 30.0 Å². The number of hydrogen-bond donors (Lipinski definition) is 1. The van der Waals surface area contributed by atoms with E-state index in [-0.39, 0.29) is 0 Å². The van der Waals surface area contributed by atoms with Gasteiger partial charge in [-0.25, -0.2) is 4.98 Å². The van der Waals surface area contributed by atoms with Gasteiger partial charge in [-0.15, -0.1) is 5.10 Å². The molecule has 22 heavy (non-hydrogen) atoms. The van der Waals surface area contributed by atoms with Crippen molar-refractivity contribution in [3.8, 4) is 0 Å². The van der Waals surface area contributed by atoms with Gasteiger partial charge in [0.05, 0.1) is 11.1 Å². The van der Waals surface area contributed by atoms with Gasteiger partial charge in [0.25, 0.3) is 0 Å². The van der Waals surface area contributed by atoms with Crippen LogP contribution >= 0.6 is 11.8 Å². The molecule has 0 fully saturated rings. The molecule has 0 amide bonds. The van der Waals surface area contributed by atoms with Gasteiger partial charge in [-0.1, -0.05) is 13.0 Å². The van der Waals surface area contributed by atoms with E-state index in [4.69, 9.17) is 0 Å². The molecule has 0 atom stereocenters. The summed E-state index contributed by atoms with van der Waals surface area (Å²) >= 11 is 1.29. The molecule has 3 aromatic rings. The van der Waals surface area contributed by atoms with Crippen LogP contribution in [0.1, 0.15) is 18.3 Å². The van der Waals surface area contributed by atoms with Crippen LogP contribution in [0, 0.1) is 0 Å². The highest BCUT2D eigenvalue weighted by atomic mass is 32.2. The zero-order chi connectivity index (χ0) is 15.7. The lowest BCUT2D eigenvalue weighted by Gasteiger charge is -2.08. The van der Waals surface area contributed by atoms with E-state index in [0.29, 0.717) is 16.1 Å². The van der Waals surface area contributed by atoms with Crippen molar-refractivity contribution < 1.29 is 13.2 Å². The summed E-state index contributed by atoms with van der Waals surface area (Å²) in [6.45, 7) is 1.95. The maximum atomic E-state index is 12.7. The van der Waals surface area contributed by atoms with Crippen molar-refractivity contribution in [1.29, 1.82) is 0 Å². The molecule has 1 aromatic carbocycles. The maximum Gasteiger partial charge on any atom is 0.416 e. The minimum atomic E-state index is -4.38. The molecule has 0 bridgehead atoms. The van der Waals surface area contributed by atoms with Gasteiger partial charge < -0.3 is 0 Å². The number of benzene rings is 1. The number of nitrogens with zero attached hydrogens (tertiary/aromatic N) is 3. The molecule has 0 aliphatic carbocycles. The van der Waals surface area contributed by atoms with E-state index in [1.807, 2.05) is 6.92 Å². The first-order valence-corrected chi connectivity index (χ1v) is 7.34. The predicted octanol–water partition coefficient (Wildman–Crippen LogP) is 4.09. The van der Waals surface area contributed by atoms with Crippen LogP contribution in [0.5, 0.6) is 0 Å². The lowest BCUT2D eigenvalue weighted by molar-refractivity contribution is -0.137. The third-order valence-electron chi connectivity index (χ3n) is 3.08. The molecule has 0 saturated heterocycles. The molecule has 8 heteroatoms. The number of rotatable bonds is 3. The predicted molar refractivity (Wildman–Crippen MR) is 76.6 cm³/mol. The summed E-state index contributed by atoms with van der Waals surface area (Å²) in [7, 11) is 0. The standard InChI is InChI=1S/C14H11F3N4S/c1-2-12-19-13(21-20-12)22-11-5-6-18-10-7-8(14(15,16)17)3-4-9(10)11/h3-7H,2H2,1H3,(H,19,20,21). The second-order valence-corrected chi connectivity index (χ2v) is 5.57. The van der Waals surface area contributed by atoms with Crippen molar-refractivity contribution >= 4 is 22.7 Å². The van der Waals surface area contributed by atoms with Crippen molar-refractivity contribution in [1.82, 2.24) is 20.2 Å². The number of fused-ring (bicyclic) bond motifs is 1. The minimum Gasteiger partial charge on any atom is -0.262 e. The summed E-state index contributed by atoms with van der Waals surface area (Å²) in [5.41, 5.74) is -0.410. The van der Waals surface area contributed by atoms with Crippen molar-refractivity contribution in [2.45, 2.75) is 29.6 Å². The van der Waals surface area contributed by atoms with Gasteiger partial charge in [0.2, 0.25) is 5.16 Å². The highest BCUT2D eigenvalue weighted by Crippen LogP contribution is 2.35. The topological polar surface area (TPSA) is 54.5 Å². The summed E-state index contributed by atoms with van der Waals surface area (Å²) in [4.78, 5) is 9.06. The van der Waals surface area contributed by atoms with Crippen molar-refractivity contribution in [3.05, 3.63) is 41.9 Å². The number of alkyl halides is 3. The van der Waals surface area contributed by atoms with E-state index >= 15 is 0 Å². The average Bonchev–Trinajstić information content (AvgIpc) is 2.94. The van der Waals surface area contributed by atoms with Gasteiger partial charge in [-0.3, -0.25) is 10.1 Å². The molecule has 1 N–H and O–H groups in total.